The molecule has 90 valence electrons. The van der Waals surface area contributed by atoms with Crippen LogP contribution in [0.2, 0.25) is 5.15 Å². The van der Waals surface area contributed by atoms with E-state index < -0.39 is 0 Å². The number of amides is 1. The molecule has 0 spiro atoms. The molecule has 2 aromatic rings. The molecule has 1 aromatic heterocycles. The normalized spacial score (nSPS) is 10.5. The van der Waals surface area contributed by atoms with E-state index in [4.69, 9.17) is 11.6 Å². The van der Waals surface area contributed by atoms with Crippen molar-refractivity contribution in [2.75, 3.05) is 5.32 Å². The van der Waals surface area contributed by atoms with Gasteiger partial charge in [-0.3, -0.25) is 4.79 Å². The van der Waals surface area contributed by atoms with Gasteiger partial charge in [-0.05, 0) is 23.8 Å². The second-order valence-corrected chi connectivity index (χ2v) is 3.97. The first kappa shape index (κ1) is 12.3. The highest BCUT2D eigenvalue weighted by Crippen LogP contribution is 2.09. The Morgan fingerprint density at radius 2 is 1.89 bits per heavy atom. The molecule has 0 saturated heterocycles. The zero-order valence-corrected chi connectivity index (χ0v) is 10.3. The van der Waals surface area contributed by atoms with Gasteiger partial charge in [0.05, 0.1) is 0 Å². The van der Waals surface area contributed by atoms with Crippen LogP contribution in [0.1, 0.15) is 5.56 Å². The molecule has 0 fully saturated rings. The summed E-state index contributed by atoms with van der Waals surface area (Å²) in [5, 5.41) is 2.98. The molecule has 4 heteroatoms. The third-order valence-corrected chi connectivity index (χ3v) is 2.40. The molecule has 0 unspecified atom stereocenters. The van der Waals surface area contributed by atoms with Crippen LogP contribution in [0, 0.1) is 0 Å². The van der Waals surface area contributed by atoms with Crippen molar-refractivity contribution in [1.29, 1.82) is 0 Å². The number of anilines is 1. The molecule has 1 aromatic carbocycles. The summed E-state index contributed by atoms with van der Waals surface area (Å²) in [4.78, 5) is 15.6. The maximum absolute atomic E-state index is 11.6. The Morgan fingerprint density at radius 3 is 2.61 bits per heavy atom. The van der Waals surface area contributed by atoms with Crippen LogP contribution in [-0.2, 0) is 4.79 Å². The SMILES string of the molecule is O=C(/C=C/c1ccccc1)Nc1cccc(Cl)n1. The Bertz CT molecular complexity index is 567. The van der Waals surface area contributed by atoms with Gasteiger partial charge >= 0.3 is 0 Å². The first-order valence-electron chi connectivity index (χ1n) is 5.41. The minimum atomic E-state index is -0.242. The summed E-state index contributed by atoms with van der Waals surface area (Å²) in [6.45, 7) is 0. The third-order valence-electron chi connectivity index (χ3n) is 2.19. The third kappa shape index (κ3) is 3.71. The fourth-order valence-electron chi connectivity index (χ4n) is 1.38. The summed E-state index contributed by atoms with van der Waals surface area (Å²) in [5.41, 5.74) is 0.965. The van der Waals surface area contributed by atoms with E-state index in [0.717, 1.165) is 5.56 Å². The van der Waals surface area contributed by atoms with E-state index in [1.54, 1.807) is 24.3 Å². The summed E-state index contributed by atoms with van der Waals surface area (Å²) < 4.78 is 0. The highest BCUT2D eigenvalue weighted by atomic mass is 35.5. The Labute approximate surface area is 110 Å². The van der Waals surface area contributed by atoms with E-state index in [-0.39, 0.29) is 5.91 Å². The van der Waals surface area contributed by atoms with Crippen molar-refractivity contribution in [3.8, 4) is 0 Å². The molecule has 0 aliphatic rings. The second kappa shape index (κ2) is 5.98. The molecule has 0 aliphatic carbocycles. The van der Waals surface area contributed by atoms with Crippen molar-refractivity contribution >= 4 is 29.4 Å². The number of carbonyl (C=O) groups is 1. The van der Waals surface area contributed by atoms with Crippen molar-refractivity contribution in [3.05, 3.63) is 65.3 Å². The van der Waals surface area contributed by atoms with Crippen LogP contribution in [0.5, 0.6) is 0 Å². The zero-order valence-electron chi connectivity index (χ0n) is 9.51. The Kier molecular flexibility index (Phi) is 4.10. The van der Waals surface area contributed by atoms with Crippen molar-refractivity contribution in [2.24, 2.45) is 0 Å². The zero-order chi connectivity index (χ0) is 12.8. The quantitative estimate of drug-likeness (QED) is 0.677. The number of nitrogens with one attached hydrogen (secondary N) is 1. The monoisotopic (exact) mass is 258 g/mol. The van der Waals surface area contributed by atoms with Gasteiger partial charge in [0.2, 0.25) is 5.91 Å². The molecular formula is C14H11ClN2O. The molecule has 3 nitrogen and oxygen atoms in total. The van der Waals surface area contributed by atoms with Crippen molar-refractivity contribution in [1.82, 2.24) is 4.98 Å². The van der Waals surface area contributed by atoms with E-state index in [1.165, 1.54) is 6.08 Å². The fourth-order valence-corrected chi connectivity index (χ4v) is 1.55. The Balaban J connectivity index is 1.99. The maximum atomic E-state index is 11.6. The highest BCUT2D eigenvalue weighted by Gasteiger charge is 1.99. The lowest BCUT2D eigenvalue weighted by Crippen LogP contribution is -2.08. The number of hydrogen-bond donors (Lipinski definition) is 1. The van der Waals surface area contributed by atoms with Crippen LogP contribution >= 0.6 is 11.6 Å². The molecule has 0 atom stereocenters. The molecule has 0 radical (unpaired) electrons. The lowest BCUT2D eigenvalue weighted by atomic mass is 10.2. The van der Waals surface area contributed by atoms with Crippen LogP contribution in [0.25, 0.3) is 6.08 Å². The number of hydrogen-bond acceptors (Lipinski definition) is 2. The predicted octanol–water partition coefficient (Wildman–Crippen LogP) is 3.39. The van der Waals surface area contributed by atoms with Gasteiger partial charge in [0.1, 0.15) is 11.0 Å². The molecular weight excluding hydrogens is 248 g/mol. The summed E-state index contributed by atoms with van der Waals surface area (Å²) in [6.07, 6.45) is 3.19. The molecule has 1 amide bonds. The highest BCUT2D eigenvalue weighted by molar-refractivity contribution is 6.29. The van der Waals surface area contributed by atoms with E-state index in [2.05, 4.69) is 10.3 Å². The lowest BCUT2D eigenvalue weighted by molar-refractivity contribution is -0.111. The van der Waals surface area contributed by atoms with Crippen LogP contribution in [0.15, 0.2) is 54.6 Å². The van der Waals surface area contributed by atoms with Gasteiger partial charge in [0.25, 0.3) is 0 Å². The number of nitrogens with zero attached hydrogens (tertiary/aromatic N) is 1. The van der Waals surface area contributed by atoms with E-state index in [9.17, 15) is 4.79 Å². The Hall–Kier alpha value is -2.13. The number of halogens is 1. The average molecular weight is 259 g/mol. The second-order valence-electron chi connectivity index (χ2n) is 3.58. The smallest absolute Gasteiger partial charge is 0.249 e. The number of pyridine rings is 1. The van der Waals surface area contributed by atoms with Crippen molar-refractivity contribution in [3.63, 3.8) is 0 Å². The number of aromatic nitrogens is 1. The van der Waals surface area contributed by atoms with Gasteiger partial charge in [-0.1, -0.05) is 48.0 Å². The molecule has 18 heavy (non-hydrogen) atoms. The summed E-state index contributed by atoms with van der Waals surface area (Å²) in [5.74, 6) is 0.193. The first-order valence-corrected chi connectivity index (χ1v) is 5.78. The van der Waals surface area contributed by atoms with Crippen molar-refractivity contribution < 1.29 is 4.79 Å². The minimum Gasteiger partial charge on any atom is -0.307 e. The van der Waals surface area contributed by atoms with Gasteiger partial charge in [0.15, 0.2) is 0 Å². The summed E-state index contributed by atoms with van der Waals surface area (Å²) in [7, 11) is 0. The van der Waals surface area contributed by atoms with Crippen LogP contribution in [0.3, 0.4) is 0 Å². The fraction of sp³-hybridized carbons (Fsp3) is 0. The van der Waals surface area contributed by atoms with Crippen LogP contribution < -0.4 is 5.32 Å². The molecule has 2 rings (SSSR count). The topological polar surface area (TPSA) is 42.0 Å². The van der Waals surface area contributed by atoms with E-state index in [1.807, 2.05) is 30.3 Å². The molecule has 1 N–H and O–H groups in total. The number of carbonyl (C=O) groups excluding carboxylic acids is 1. The van der Waals surface area contributed by atoms with Gasteiger partial charge in [-0.15, -0.1) is 0 Å². The van der Waals surface area contributed by atoms with Gasteiger partial charge in [0, 0.05) is 6.08 Å². The van der Waals surface area contributed by atoms with Crippen molar-refractivity contribution in [2.45, 2.75) is 0 Å². The van der Waals surface area contributed by atoms with E-state index >= 15 is 0 Å². The van der Waals surface area contributed by atoms with Gasteiger partial charge < -0.3 is 5.32 Å². The number of benzene rings is 1. The van der Waals surface area contributed by atoms with Gasteiger partial charge in [-0.25, -0.2) is 4.98 Å². The predicted molar refractivity (Wildman–Crippen MR) is 73.4 cm³/mol. The van der Waals surface area contributed by atoms with E-state index in [0.29, 0.717) is 11.0 Å². The largest absolute Gasteiger partial charge is 0.307 e. The number of rotatable bonds is 3. The standard InChI is InChI=1S/C14H11ClN2O/c15-12-7-4-8-13(16-12)17-14(18)10-9-11-5-2-1-3-6-11/h1-10H,(H,16,17,18)/b10-9+. The van der Waals surface area contributed by atoms with Crippen LogP contribution in [0.4, 0.5) is 5.82 Å². The average Bonchev–Trinajstić information content (AvgIpc) is 2.38. The molecule has 0 saturated carbocycles. The molecule has 1 heterocycles. The first-order chi connectivity index (χ1) is 8.74. The van der Waals surface area contributed by atoms with Crippen LogP contribution in [-0.4, -0.2) is 10.9 Å². The van der Waals surface area contributed by atoms with Gasteiger partial charge in [-0.2, -0.15) is 0 Å². The minimum absolute atomic E-state index is 0.242. The summed E-state index contributed by atoms with van der Waals surface area (Å²) >= 11 is 5.72. The maximum Gasteiger partial charge on any atom is 0.249 e. The molecule has 0 bridgehead atoms. The summed E-state index contributed by atoms with van der Waals surface area (Å²) in [6, 6.07) is 14.6. The Morgan fingerprint density at radius 1 is 1.11 bits per heavy atom. The molecule has 0 aliphatic heterocycles. The lowest BCUT2D eigenvalue weighted by Gasteiger charge is -2.00.